The second-order valence-electron chi connectivity index (χ2n) is 8.17. The van der Waals surface area contributed by atoms with Gasteiger partial charge in [-0.05, 0) is 42.2 Å². The van der Waals surface area contributed by atoms with Gasteiger partial charge in [-0.15, -0.1) is 0 Å². The molecule has 2 N–H and O–H groups in total. The second kappa shape index (κ2) is 8.43. The fourth-order valence-electron chi connectivity index (χ4n) is 4.62. The SMILES string of the molecule is CC1[C@H](c2ccccc2)[C@]1(NS(=O)(=O)N1CCCN(c2ccc(Cl)cc2)CC1)C(=O)O. The summed E-state index contributed by atoms with van der Waals surface area (Å²) in [6.07, 6.45) is 0.640. The Balaban J connectivity index is 1.50. The van der Waals surface area contributed by atoms with Crippen LogP contribution in [0.3, 0.4) is 0 Å². The van der Waals surface area contributed by atoms with Crippen LogP contribution in [0.4, 0.5) is 5.69 Å². The molecule has 1 saturated heterocycles. The normalized spacial score (nSPS) is 27.0. The van der Waals surface area contributed by atoms with E-state index in [0.717, 1.165) is 11.3 Å². The largest absolute Gasteiger partial charge is 0.480 e. The Morgan fingerprint density at radius 3 is 2.39 bits per heavy atom. The number of carboxylic acids is 1. The van der Waals surface area contributed by atoms with Crippen molar-refractivity contribution >= 4 is 33.5 Å². The summed E-state index contributed by atoms with van der Waals surface area (Å²) in [5.74, 6) is -1.90. The minimum atomic E-state index is -3.98. The van der Waals surface area contributed by atoms with Gasteiger partial charge in [0.1, 0.15) is 5.54 Å². The lowest BCUT2D eigenvalue weighted by atomic mass is 10.1. The van der Waals surface area contributed by atoms with Crippen molar-refractivity contribution in [3.8, 4) is 0 Å². The van der Waals surface area contributed by atoms with E-state index in [0.29, 0.717) is 31.1 Å². The highest BCUT2D eigenvalue weighted by molar-refractivity contribution is 7.87. The number of carbonyl (C=O) groups is 1. The van der Waals surface area contributed by atoms with Crippen LogP contribution in [0.15, 0.2) is 54.6 Å². The van der Waals surface area contributed by atoms with Crippen molar-refractivity contribution in [1.29, 1.82) is 0 Å². The highest BCUT2D eigenvalue weighted by Gasteiger charge is 2.70. The average molecular weight is 464 g/mol. The van der Waals surface area contributed by atoms with Crippen LogP contribution in [0.5, 0.6) is 0 Å². The van der Waals surface area contributed by atoms with Gasteiger partial charge in [-0.1, -0.05) is 48.9 Å². The summed E-state index contributed by atoms with van der Waals surface area (Å²) >= 11 is 5.96. The first-order valence-corrected chi connectivity index (χ1v) is 12.2. The van der Waals surface area contributed by atoms with E-state index in [4.69, 9.17) is 11.6 Å². The molecule has 1 aliphatic carbocycles. The third kappa shape index (κ3) is 4.17. The van der Waals surface area contributed by atoms with Crippen molar-refractivity contribution < 1.29 is 18.3 Å². The molecule has 2 aromatic rings. The van der Waals surface area contributed by atoms with Crippen LogP contribution < -0.4 is 9.62 Å². The molecule has 9 heteroatoms. The Morgan fingerprint density at radius 1 is 1.06 bits per heavy atom. The fraction of sp³-hybridized carbons (Fsp3) is 0.409. The van der Waals surface area contributed by atoms with Gasteiger partial charge in [0.2, 0.25) is 0 Å². The summed E-state index contributed by atoms with van der Waals surface area (Å²) in [5.41, 5.74) is 0.283. The lowest BCUT2D eigenvalue weighted by molar-refractivity contribution is -0.140. The predicted molar refractivity (Wildman–Crippen MR) is 121 cm³/mol. The number of hydrogen-bond acceptors (Lipinski definition) is 4. The van der Waals surface area contributed by atoms with Crippen molar-refractivity contribution in [3.05, 3.63) is 65.2 Å². The van der Waals surface area contributed by atoms with Gasteiger partial charge in [0.25, 0.3) is 10.2 Å². The van der Waals surface area contributed by atoms with Crippen molar-refractivity contribution in [2.75, 3.05) is 31.1 Å². The predicted octanol–water partition coefficient (Wildman–Crippen LogP) is 2.94. The fourth-order valence-corrected chi connectivity index (χ4v) is 6.40. The van der Waals surface area contributed by atoms with Gasteiger partial charge in [-0.3, -0.25) is 4.79 Å². The number of aliphatic carboxylic acids is 1. The van der Waals surface area contributed by atoms with Crippen LogP contribution in [0.25, 0.3) is 0 Å². The molecule has 1 unspecified atom stereocenters. The van der Waals surface area contributed by atoms with Crippen LogP contribution in [0.1, 0.15) is 24.8 Å². The molecule has 0 bridgehead atoms. The van der Waals surface area contributed by atoms with Gasteiger partial charge in [0.15, 0.2) is 0 Å². The van der Waals surface area contributed by atoms with E-state index in [2.05, 4.69) is 9.62 Å². The van der Waals surface area contributed by atoms with Crippen molar-refractivity contribution in [2.45, 2.75) is 24.8 Å². The molecular weight excluding hydrogens is 438 g/mol. The maximum atomic E-state index is 13.2. The summed E-state index contributed by atoms with van der Waals surface area (Å²) in [6.45, 7) is 3.61. The number of nitrogens with one attached hydrogen (secondary N) is 1. The van der Waals surface area contributed by atoms with Crippen LogP contribution in [0.2, 0.25) is 5.02 Å². The first-order valence-electron chi connectivity index (χ1n) is 10.3. The van der Waals surface area contributed by atoms with E-state index in [1.54, 1.807) is 6.92 Å². The standard InChI is InChI=1S/C22H26ClN3O4S/c1-16-20(17-6-3-2-4-7-17)22(16,21(27)28)24-31(29,30)26-13-5-12-25(14-15-26)19-10-8-18(23)9-11-19/h2-4,6-11,16,20,24H,5,12-15H2,1H3,(H,27,28)/t16?,20-,22+/m1/s1. The van der Waals surface area contributed by atoms with Crippen LogP contribution in [-0.4, -0.2) is 55.5 Å². The average Bonchev–Trinajstić information content (AvgIpc) is 3.41. The Kier molecular flexibility index (Phi) is 6.00. The molecule has 1 aliphatic heterocycles. The van der Waals surface area contributed by atoms with Crippen LogP contribution in [0, 0.1) is 5.92 Å². The molecule has 3 atom stereocenters. The Labute approximate surface area is 187 Å². The first kappa shape index (κ1) is 22.1. The summed E-state index contributed by atoms with van der Waals surface area (Å²) in [6, 6.07) is 16.7. The lowest BCUT2D eigenvalue weighted by Gasteiger charge is -2.25. The number of hydrogen-bond donors (Lipinski definition) is 2. The van der Waals surface area contributed by atoms with E-state index in [9.17, 15) is 18.3 Å². The van der Waals surface area contributed by atoms with Gasteiger partial charge < -0.3 is 10.0 Å². The highest BCUT2D eigenvalue weighted by Crippen LogP contribution is 2.57. The number of benzene rings is 2. The summed E-state index contributed by atoms with van der Waals surface area (Å²) < 4.78 is 30.4. The first-order chi connectivity index (χ1) is 14.8. The van der Waals surface area contributed by atoms with Gasteiger partial charge in [-0.2, -0.15) is 17.4 Å². The third-order valence-corrected chi connectivity index (χ3v) is 8.29. The number of rotatable bonds is 6. The summed E-state index contributed by atoms with van der Waals surface area (Å²) in [4.78, 5) is 14.3. The summed E-state index contributed by atoms with van der Waals surface area (Å²) in [5, 5.41) is 10.6. The monoisotopic (exact) mass is 463 g/mol. The molecule has 2 aromatic carbocycles. The molecule has 2 aliphatic rings. The van der Waals surface area contributed by atoms with E-state index in [1.807, 2.05) is 54.6 Å². The quantitative estimate of drug-likeness (QED) is 0.687. The second-order valence-corrected chi connectivity index (χ2v) is 10.3. The number of halogens is 1. The molecule has 7 nitrogen and oxygen atoms in total. The molecule has 166 valence electrons. The molecule has 2 fully saturated rings. The zero-order chi connectivity index (χ0) is 22.2. The van der Waals surface area contributed by atoms with E-state index >= 15 is 0 Å². The number of anilines is 1. The zero-order valence-electron chi connectivity index (χ0n) is 17.2. The summed E-state index contributed by atoms with van der Waals surface area (Å²) in [7, 11) is -3.98. The maximum absolute atomic E-state index is 13.2. The Morgan fingerprint density at radius 2 is 1.74 bits per heavy atom. The minimum Gasteiger partial charge on any atom is -0.480 e. The topological polar surface area (TPSA) is 90.0 Å². The highest BCUT2D eigenvalue weighted by atomic mass is 35.5. The van der Waals surface area contributed by atoms with Crippen LogP contribution >= 0.6 is 11.6 Å². The third-order valence-electron chi connectivity index (χ3n) is 6.40. The van der Waals surface area contributed by atoms with E-state index in [-0.39, 0.29) is 12.5 Å². The Bertz CT molecular complexity index is 1050. The Hall–Kier alpha value is -2.13. The molecule has 1 heterocycles. The van der Waals surface area contributed by atoms with Gasteiger partial charge in [0, 0.05) is 42.8 Å². The molecular formula is C22H26ClN3O4S. The molecule has 31 heavy (non-hydrogen) atoms. The number of nitrogens with zero attached hydrogens (tertiary/aromatic N) is 2. The molecule has 0 spiro atoms. The lowest BCUT2D eigenvalue weighted by Crippen LogP contribution is -2.52. The molecule has 1 saturated carbocycles. The number of carboxylic acid groups (broad SMARTS) is 1. The molecule has 0 amide bonds. The molecule has 0 radical (unpaired) electrons. The van der Waals surface area contributed by atoms with Gasteiger partial charge in [-0.25, -0.2) is 0 Å². The molecule has 4 rings (SSSR count). The van der Waals surface area contributed by atoms with E-state index in [1.165, 1.54) is 4.31 Å². The maximum Gasteiger partial charge on any atom is 0.325 e. The van der Waals surface area contributed by atoms with Crippen LogP contribution in [-0.2, 0) is 15.0 Å². The smallest absolute Gasteiger partial charge is 0.325 e. The minimum absolute atomic E-state index is 0.276. The zero-order valence-corrected chi connectivity index (χ0v) is 18.8. The van der Waals surface area contributed by atoms with Crippen molar-refractivity contribution in [1.82, 2.24) is 9.03 Å². The van der Waals surface area contributed by atoms with Crippen molar-refractivity contribution in [3.63, 3.8) is 0 Å². The molecule has 0 aromatic heterocycles. The van der Waals surface area contributed by atoms with E-state index < -0.39 is 27.6 Å². The van der Waals surface area contributed by atoms with Gasteiger partial charge in [0.05, 0.1) is 0 Å². The van der Waals surface area contributed by atoms with Crippen molar-refractivity contribution in [2.24, 2.45) is 5.92 Å². The van der Waals surface area contributed by atoms with Gasteiger partial charge >= 0.3 is 5.97 Å².